The molecule has 0 bridgehead atoms. The van der Waals surface area contributed by atoms with E-state index in [1.54, 1.807) is 0 Å². The van der Waals surface area contributed by atoms with Crippen LogP contribution in [0.4, 0.5) is 0 Å². The van der Waals surface area contributed by atoms with Crippen molar-refractivity contribution in [1.82, 2.24) is 5.32 Å². The molecular formula is C11H23NO2. The van der Waals surface area contributed by atoms with Crippen molar-refractivity contribution in [2.24, 2.45) is 11.3 Å². The Bertz CT molecular complexity index is 188. The smallest absolute Gasteiger partial charge is 0.219 e. The number of hydrogen-bond acceptors (Lipinski definition) is 2. The fourth-order valence-electron chi connectivity index (χ4n) is 1.46. The number of aliphatic hydroxyl groups is 1. The molecule has 0 saturated carbocycles. The molecule has 0 saturated heterocycles. The van der Waals surface area contributed by atoms with Crippen molar-refractivity contribution >= 4 is 5.91 Å². The normalized spacial score (nSPS) is 14.2. The summed E-state index contributed by atoms with van der Waals surface area (Å²) < 4.78 is 0. The minimum atomic E-state index is -0.389. The Kier molecular flexibility index (Phi) is 5.13. The lowest BCUT2D eigenvalue weighted by Gasteiger charge is -2.33. The predicted octanol–water partition coefficient (Wildman–Crippen LogP) is 1.56. The van der Waals surface area contributed by atoms with Gasteiger partial charge in [-0.1, -0.05) is 34.6 Å². The van der Waals surface area contributed by atoms with E-state index in [9.17, 15) is 9.90 Å². The molecule has 0 aromatic carbocycles. The Morgan fingerprint density at radius 1 is 1.43 bits per heavy atom. The zero-order chi connectivity index (χ0) is 11.4. The summed E-state index contributed by atoms with van der Waals surface area (Å²) in [6, 6.07) is 0. The SMILES string of the molecule is CCC(=O)NCC(C)(C)C(O)C(C)C. The van der Waals surface area contributed by atoms with Gasteiger partial charge in [-0.05, 0) is 5.92 Å². The molecule has 0 aromatic heterocycles. The van der Waals surface area contributed by atoms with Gasteiger partial charge in [-0.25, -0.2) is 0 Å². The van der Waals surface area contributed by atoms with Gasteiger partial charge in [-0.15, -0.1) is 0 Å². The summed E-state index contributed by atoms with van der Waals surface area (Å²) >= 11 is 0. The second-order valence-corrected chi connectivity index (χ2v) is 4.81. The topological polar surface area (TPSA) is 49.3 Å². The lowest BCUT2D eigenvalue weighted by molar-refractivity contribution is -0.121. The molecule has 1 atom stereocenters. The Labute approximate surface area is 86.9 Å². The van der Waals surface area contributed by atoms with Crippen molar-refractivity contribution < 1.29 is 9.90 Å². The van der Waals surface area contributed by atoms with Gasteiger partial charge < -0.3 is 10.4 Å². The molecule has 3 nitrogen and oxygen atoms in total. The van der Waals surface area contributed by atoms with Crippen molar-refractivity contribution in [3.63, 3.8) is 0 Å². The lowest BCUT2D eigenvalue weighted by Crippen LogP contribution is -2.43. The quantitative estimate of drug-likeness (QED) is 0.709. The van der Waals surface area contributed by atoms with E-state index in [1.165, 1.54) is 0 Å². The predicted molar refractivity (Wildman–Crippen MR) is 57.9 cm³/mol. The lowest BCUT2D eigenvalue weighted by atomic mass is 9.80. The third-order valence-corrected chi connectivity index (χ3v) is 2.49. The molecule has 2 N–H and O–H groups in total. The Morgan fingerprint density at radius 3 is 2.29 bits per heavy atom. The van der Waals surface area contributed by atoms with Crippen molar-refractivity contribution in [3.8, 4) is 0 Å². The summed E-state index contributed by atoms with van der Waals surface area (Å²) in [5.74, 6) is 0.248. The molecule has 0 fully saturated rings. The van der Waals surface area contributed by atoms with Crippen molar-refractivity contribution in [2.45, 2.75) is 47.1 Å². The fraction of sp³-hybridized carbons (Fsp3) is 0.909. The van der Waals surface area contributed by atoms with Gasteiger partial charge in [-0.3, -0.25) is 4.79 Å². The molecule has 0 aliphatic heterocycles. The van der Waals surface area contributed by atoms with E-state index in [-0.39, 0.29) is 23.3 Å². The van der Waals surface area contributed by atoms with Crippen LogP contribution in [0.1, 0.15) is 41.0 Å². The number of amides is 1. The summed E-state index contributed by atoms with van der Waals surface area (Å²) in [5, 5.41) is 12.7. The molecule has 84 valence electrons. The number of carbonyl (C=O) groups excluding carboxylic acids is 1. The Hall–Kier alpha value is -0.570. The summed E-state index contributed by atoms with van der Waals surface area (Å²) in [6.07, 6.45) is 0.105. The molecule has 14 heavy (non-hydrogen) atoms. The fourth-order valence-corrected chi connectivity index (χ4v) is 1.46. The Balaban J connectivity index is 4.13. The first kappa shape index (κ1) is 13.4. The molecule has 1 unspecified atom stereocenters. The first-order valence-electron chi connectivity index (χ1n) is 5.26. The summed E-state index contributed by atoms with van der Waals surface area (Å²) in [6.45, 7) is 10.2. The average Bonchev–Trinajstić information content (AvgIpc) is 2.12. The van der Waals surface area contributed by atoms with Crippen LogP contribution in [0.15, 0.2) is 0 Å². The standard InChI is InChI=1S/C11H23NO2/c1-6-9(13)12-7-11(4,5)10(14)8(2)3/h8,10,14H,6-7H2,1-5H3,(H,12,13). The van der Waals surface area contributed by atoms with E-state index in [0.717, 1.165) is 0 Å². The zero-order valence-corrected chi connectivity index (χ0v) is 9.92. The van der Waals surface area contributed by atoms with Gasteiger partial charge in [0.2, 0.25) is 5.91 Å². The molecule has 0 aromatic rings. The maximum absolute atomic E-state index is 11.1. The molecule has 0 heterocycles. The molecule has 3 heteroatoms. The van der Waals surface area contributed by atoms with Crippen LogP contribution in [0.2, 0.25) is 0 Å². The molecule has 0 radical (unpaired) electrons. The first-order chi connectivity index (χ1) is 6.31. The highest BCUT2D eigenvalue weighted by atomic mass is 16.3. The third-order valence-electron chi connectivity index (χ3n) is 2.49. The van der Waals surface area contributed by atoms with Gasteiger partial charge in [0.05, 0.1) is 6.10 Å². The van der Waals surface area contributed by atoms with E-state index < -0.39 is 0 Å². The second-order valence-electron chi connectivity index (χ2n) is 4.81. The highest BCUT2D eigenvalue weighted by molar-refractivity contribution is 5.75. The van der Waals surface area contributed by atoms with Crippen LogP contribution in [0.5, 0.6) is 0 Å². The number of rotatable bonds is 5. The largest absolute Gasteiger partial charge is 0.392 e. The van der Waals surface area contributed by atoms with Crippen LogP contribution in [0.3, 0.4) is 0 Å². The summed E-state index contributed by atoms with van der Waals surface area (Å²) in [7, 11) is 0. The first-order valence-corrected chi connectivity index (χ1v) is 5.26. The van der Waals surface area contributed by atoms with Gasteiger partial charge in [0.25, 0.3) is 0 Å². The number of carbonyl (C=O) groups is 1. The van der Waals surface area contributed by atoms with Gasteiger partial charge in [0, 0.05) is 18.4 Å². The minimum absolute atomic E-state index is 0.0361. The van der Waals surface area contributed by atoms with E-state index in [1.807, 2.05) is 34.6 Å². The summed E-state index contributed by atoms with van der Waals surface area (Å²) in [5.41, 5.74) is -0.265. The van der Waals surface area contributed by atoms with E-state index in [4.69, 9.17) is 0 Å². The molecule has 1 amide bonds. The van der Waals surface area contributed by atoms with Gasteiger partial charge >= 0.3 is 0 Å². The van der Waals surface area contributed by atoms with Crippen LogP contribution in [-0.2, 0) is 4.79 Å². The maximum atomic E-state index is 11.1. The van der Waals surface area contributed by atoms with Crippen LogP contribution < -0.4 is 5.32 Å². The van der Waals surface area contributed by atoms with Gasteiger partial charge in [-0.2, -0.15) is 0 Å². The maximum Gasteiger partial charge on any atom is 0.219 e. The van der Waals surface area contributed by atoms with Gasteiger partial charge in [0.15, 0.2) is 0 Å². The van der Waals surface area contributed by atoms with Crippen LogP contribution >= 0.6 is 0 Å². The van der Waals surface area contributed by atoms with Crippen molar-refractivity contribution in [1.29, 1.82) is 0 Å². The molecule has 0 aliphatic rings. The third kappa shape index (κ3) is 4.09. The van der Waals surface area contributed by atoms with E-state index >= 15 is 0 Å². The number of nitrogens with one attached hydrogen (secondary N) is 1. The monoisotopic (exact) mass is 201 g/mol. The molecular weight excluding hydrogens is 178 g/mol. The summed E-state index contributed by atoms with van der Waals surface area (Å²) in [4.78, 5) is 11.1. The van der Waals surface area contributed by atoms with E-state index in [2.05, 4.69) is 5.32 Å². The Morgan fingerprint density at radius 2 is 1.93 bits per heavy atom. The highest BCUT2D eigenvalue weighted by Crippen LogP contribution is 2.24. The number of hydrogen-bond donors (Lipinski definition) is 2. The van der Waals surface area contributed by atoms with Crippen LogP contribution in [0.25, 0.3) is 0 Å². The van der Waals surface area contributed by atoms with Crippen molar-refractivity contribution in [3.05, 3.63) is 0 Å². The molecule has 0 aliphatic carbocycles. The van der Waals surface area contributed by atoms with Crippen LogP contribution in [-0.4, -0.2) is 23.7 Å². The van der Waals surface area contributed by atoms with Gasteiger partial charge in [0.1, 0.15) is 0 Å². The molecule has 0 spiro atoms. The second kappa shape index (κ2) is 5.35. The minimum Gasteiger partial charge on any atom is -0.392 e. The van der Waals surface area contributed by atoms with Crippen molar-refractivity contribution in [2.75, 3.05) is 6.54 Å². The zero-order valence-electron chi connectivity index (χ0n) is 9.92. The van der Waals surface area contributed by atoms with E-state index in [0.29, 0.717) is 13.0 Å². The van der Waals surface area contributed by atoms with Crippen LogP contribution in [0, 0.1) is 11.3 Å². The number of aliphatic hydroxyl groups excluding tert-OH is 1. The highest BCUT2D eigenvalue weighted by Gasteiger charge is 2.30. The molecule has 0 rings (SSSR count). The average molecular weight is 201 g/mol.